The highest BCUT2D eigenvalue weighted by atomic mass is 32.2. The van der Waals surface area contributed by atoms with Crippen molar-refractivity contribution in [2.45, 2.75) is 64.0 Å². The maximum Gasteiger partial charge on any atom is 0.416 e. The van der Waals surface area contributed by atoms with Gasteiger partial charge in [-0.1, -0.05) is 49.4 Å². The standard InChI is InChI=1S/C35H39F3N4O5S/c1-5-24-21-42-14-15-48(45,46)41(4)30-18-25(17-28(24)32(30)42)33(44)40-29(16-23-10-7-6-8-11-23)31(47-22-43)20-39-34(2,3)26-12-9-13-27(19-26)35(36,37)38/h6-13,17-19,21-22,29,31,39H,5,14-16,20H2,1-4H3,(H,40,44)/t29-,31+/m0/s1. The zero-order chi connectivity index (χ0) is 34.9. The summed E-state index contributed by atoms with van der Waals surface area (Å²) in [6.45, 7) is 5.99. The Morgan fingerprint density at radius 1 is 1.04 bits per heavy atom. The molecule has 48 heavy (non-hydrogen) atoms. The van der Waals surface area contributed by atoms with Gasteiger partial charge in [0.15, 0.2) is 0 Å². The van der Waals surface area contributed by atoms with Crippen molar-refractivity contribution in [2.24, 2.45) is 0 Å². The topological polar surface area (TPSA) is 110 Å². The van der Waals surface area contributed by atoms with Gasteiger partial charge in [-0.2, -0.15) is 13.2 Å². The lowest BCUT2D eigenvalue weighted by molar-refractivity contribution is -0.138. The first-order valence-electron chi connectivity index (χ1n) is 15.6. The molecule has 0 saturated heterocycles. The highest BCUT2D eigenvalue weighted by Gasteiger charge is 2.34. The van der Waals surface area contributed by atoms with Gasteiger partial charge in [0.05, 0.1) is 28.6 Å². The Labute approximate surface area is 278 Å². The molecule has 0 aliphatic carbocycles. The van der Waals surface area contributed by atoms with Crippen molar-refractivity contribution in [3.05, 3.63) is 101 Å². The van der Waals surface area contributed by atoms with Crippen LogP contribution in [0.4, 0.5) is 18.9 Å². The largest absolute Gasteiger partial charge is 0.461 e. The molecule has 1 aliphatic heterocycles. The number of carbonyl (C=O) groups is 2. The van der Waals surface area contributed by atoms with Gasteiger partial charge in [-0.15, -0.1) is 0 Å². The van der Waals surface area contributed by atoms with Crippen molar-refractivity contribution < 1.29 is 35.9 Å². The zero-order valence-electron chi connectivity index (χ0n) is 27.2. The maximum absolute atomic E-state index is 14.0. The summed E-state index contributed by atoms with van der Waals surface area (Å²) in [4.78, 5) is 25.8. The second kappa shape index (κ2) is 13.6. The molecule has 1 amide bonds. The molecule has 2 atom stereocenters. The lowest BCUT2D eigenvalue weighted by Crippen LogP contribution is -2.52. The van der Waals surface area contributed by atoms with E-state index >= 15 is 0 Å². The fourth-order valence-corrected chi connectivity index (χ4v) is 7.25. The maximum atomic E-state index is 14.0. The van der Waals surface area contributed by atoms with Crippen molar-refractivity contribution in [3.8, 4) is 0 Å². The molecule has 1 aromatic heterocycles. The number of nitrogens with zero attached hydrogens (tertiary/aromatic N) is 2. The molecule has 13 heteroatoms. The number of hydrogen-bond donors (Lipinski definition) is 2. The van der Waals surface area contributed by atoms with Crippen molar-refractivity contribution in [1.29, 1.82) is 0 Å². The van der Waals surface area contributed by atoms with E-state index in [1.54, 1.807) is 32.0 Å². The van der Waals surface area contributed by atoms with E-state index in [9.17, 15) is 31.2 Å². The molecule has 2 heterocycles. The van der Waals surface area contributed by atoms with Gasteiger partial charge in [-0.3, -0.25) is 13.9 Å². The normalized spacial score (nSPS) is 15.9. The van der Waals surface area contributed by atoms with Crippen molar-refractivity contribution >= 4 is 39.0 Å². The third-order valence-corrected chi connectivity index (χ3v) is 10.7. The molecule has 5 rings (SSSR count). The number of anilines is 1. The molecule has 1 aliphatic rings. The summed E-state index contributed by atoms with van der Waals surface area (Å²) in [5.74, 6) is -0.587. The van der Waals surface area contributed by atoms with E-state index in [1.165, 1.54) is 17.4 Å². The average molecular weight is 685 g/mol. The van der Waals surface area contributed by atoms with Crippen molar-refractivity contribution in [2.75, 3.05) is 23.7 Å². The molecular formula is C35H39F3N4O5S. The predicted octanol–water partition coefficient (Wildman–Crippen LogP) is 5.41. The van der Waals surface area contributed by atoms with Crippen LogP contribution in [0.5, 0.6) is 0 Å². The Hall–Kier alpha value is -4.36. The van der Waals surface area contributed by atoms with Crippen LogP contribution in [0.25, 0.3) is 10.9 Å². The lowest BCUT2D eigenvalue weighted by Gasteiger charge is -2.33. The molecular weight excluding hydrogens is 645 g/mol. The Morgan fingerprint density at radius 3 is 2.42 bits per heavy atom. The molecule has 2 N–H and O–H groups in total. The summed E-state index contributed by atoms with van der Waals surface area (Å²) in [7, 11) is -2.16. The molecule has 0 spiro atoms. The Bertz CT molecular complexity index is 1910. The lowest BCUT2D eigenvalue weighted by atomic mass is 9.91. The number of hydrogen-bond acceptors (Lipinski definition) is 6. The summed E-state index contributed by atoms with van der Waals surface area (Å²) in [5, 5.41) is 7.02. The summed E-state index contributed by atoms with van der Waals surface area (Å²) in [5.41, 5.74) is 1.79. The van der Waals surface area contributed by atoms with E-state index in [4.69, 9.17) is 4.74 Å². The first-order valence-corrected chi connectivity index (χ1v) is 17.2. The summed E-state index contributed by atoms with van der Waals surface area (Å²) < 4.78 is 75.0. The number of rotatable bonds is 12. The Balaban J connectivity index is 1.48. The van der Waals surface area contributed by atoms with Crippen LogP contribution in [0.15, 0.2) is 72.9 Å². The quantitative estimate of drug-likeness (QED) is 0.193. The molecule has 0 bridgehead atoms. The predicted molar refractivity (Wildman–Crippen MR) is 178 cm³/mol. The first kappa shape index (κ1) is 35.0. The number of nitrogens with one attached hydrogen (secondary N) is 2. The van der Waals surface area contributed by atoms with Crippen LogP contribution >= 0.6 is 0 Å². The third kappa shape index (κ3) is 7.36. The monoisotopic (exact) mass is 684 g/mol. The van der Waals surface area contributed by atoms with Crippen molar-refractivity contribution in [3.63, 3.8) is 0 Å². The molecule has 4 aromatic rings. The number of alkyl halides is 3. The zero-order valence-corrected chi connectivity index (χ0v) is 28.0. The fourth-order valence-electron chi connectivity index (χ4n) is 6.11. The van der Waals surface area contributed by atoms with E-state index in [1.807, 2.05) is 48.0 Å². The second-order valence-corrected chi connectivity index (χ2v) is 14.6. The molecule has 256 valence electrons. The smallest absolute Gasteiger partial charge is 0.416 e. The number of sulfonamides is 1. The van der Waals surface area contributed by atoms with Crippen LogP contribution < -0.4 is 14.9 Å². The minimum absolute atomic E-state index is 0.00609. The SMILES string of the molecule is CCc1cn2c3c(cc(C(=O)N[C@@H](Cc4ccccc4)[C@@H](CNC(C)(C)c4cccc(C(F)(F)F)c4)OC=O)cc13)N(C)S(=O)(=O)CC2. The van der Waals surface area contributed by atoms with Gasteiger partial charge in [-0.25, -0.2) is 8.42 Å². The van der Waals surface area contributed by atoms with E-state index in [0.29, 0.717) is 17.7 Å². The first-order chi connectivity index (χ1) is 22.6. The molecule has 9 nitrogen and oxygen atoms in total. The Morgan fingerprint density at radius 2 is 1.75 bits per heavy atom. The minimum atomic E-state index is -4.51. The van der Waals surface area contributed by atoms with Gasteiger partial charge in [-0.05, 0) is 67.6 Å². The van der Waals surface area contributed by atoms with Crippen LogP contribution in [0.1, 0.15) is 53.4 Å². The molecule has 0 unspecified atom stereocenters. The fraction of sp³-hybridized carbons (Fsp3) is 0.371. The number of halogens is 3. The van der Waals surface area contributed by atoms with Crippen LogP contribution in [0.2, 0.25) is 0 Å². The van der Waals surface area contributed by atoms with E-state index in [0.717, 1.165) is 34.2 Å². The van der Waals surface area contributed by atoms with Crippen molar-refractivity contribution in [1.82, 2.24) is 15.2 Å². The van der Waals surface area contributed by atoms with Crippen LogP contribution in [-0.4, -0.2) is 56.9 Å². The summed E-state index contributed by atoms with van der Waals surface area (Å²) >= 11 is 0. The molecule has 0 radical (unpaired) electrons. The van der Waals surface area contributed by atoms with Gasteiger partial charge >= 0.3 is 6.18 Å². The van der Waals surface area contributed by atoms with E-state index in [2.05, 4.69) is 10.6 Å². The number of amides is 1. The third-order valence-electron chi connectivity index (χ3n) is 8.98. The molecule has 3 aromatic carbocycles. The van der Waals surface area contributed by atoms with Gasteiger partial charge in [0.25, 0.3) is 12.4 Å². The van der Waals surface area contributed by atoms with Gasteiger partial charge in [0.2, 0.25) is 10.0 Å². The van der Waals surface area contributed by atoms with Gasteiger partial charge in [0.1, 0.15) is 6.10 Å². The summed E-state index contributed by atoms with van der Waals surface area (Å²) in [6, 6.07) is 16.8. The molecule has 0 fully saturated rings. The Kier molecular flexibility index (Phi) is 9.93. The molecule has 0 saturated carbocycles. The highest BCUT2D eigenvalue weighted by molar-refractivity contribution is 7.92. The van der Waals surface area contributed by atoms with Crippen LogP contribution in [0.3, 0.4) is 0 Å². The summed E-state index contributed by atoms with van der Waals surface area (Å²) in [6.07, 6.45) is -2.59. The van der Waals surface area contributed by atoms with Gasteiger partial charge < -0.3 is 19.9 Å². The number of aryl methyl sites for hydroxylation is 2. The number of carbonyl (C=O) groups excluding carboxylic acids is 2. The number of ether oxygens (including phenoxy) is 1. The van der Waals surface area contributed by atoms with Crippen LogP contribution in [0, 0.1) is 0 Å². The number of aromatic nitrogens is 1. The van der Waals surface area contributed by atoms with E-state index < -0.39 is 45.4 Å². The van der Waals surface area contributed by atoms with Gasteiger partial charge in [0, 0.05) is 42.8 Å². The number of benzene rings is 3. The van der Waals surface area contributed by atoms with Crippen LogP contribution in [-0.2, 0) is 50.7 Å². The minimum Gasteiger partial charge on any atom is -0.461 e. The second-order valence-electron chi connectivity index (χ2n) is 12.5. The average Bonchev–Trinajstić information content (AvgIpc) is 3.38. The highest BCUT2D eigenvalue weighted by Crippen LogP contribution is 2.36. The van der Waals surface area contributed by atoms with E-state index in [-0.39, 0.29) is 37.3 Å².